The van der Waals surface area contributed by atoms with Crippen molar-refractivity contribution in [1.82, 2.24) is 5.32 Å². The van der Waals surface area contributed by atoms with Crippen LogP contribution < -0.4 is 5.32 Å². The van der Waals surface area contributed by atoms with Gasteiger partial charge in [-0.2, -0.15) is 0 Å². The van der Waals surface area contributed by atoms with Crippen molar-refractivity contribution in [3.05, 3.63) is 35.4 Å². The van der Waals surface area contributed by atoms with Crippen LogP contribution in [0.2, 0.25) is 0 Å². The van der Waals surface area contributed by atoms with Gasteiger partial charge in [0, 0.05) is 11.5 Å². The molecule has 0 radical (unpaired) electrons. The zero-order valence-electron chi connectivity index (χ0n) is 13.7. The lowest BCUT2D eigenvalue weighted by atomic mass is 9.85. The van der Waals surface area contributed by atoms with Gasteiger partial charge in [0.1, 0.15) is 0 Å². The quantitative estimate of drug-likeness (QED) is 0.848. The molecule has 0 aromatic heterocycles. The molecule has 0 saturated heterocycles. The summed E-state index contributed by atoms with van der Waals surface area (Å²) in [5, 5.41) is 12.1. The Kier molecular flexibility index (Phi) is 4.59. The second-order valence-corrected chi connectivity index (χ2v) is 6.94. The molecule has 3 atom stereocenters. The fraction of sp³-hybridized carbons (Fsp3) is 0.556. The van der Waals surface area contributed by atoms with Crippen LogP contribution >= 0.6 is 0 Å². The summed E-state index contributed by atoms with van der Waals surface area (Å²) in [6.45, 7) is 7.75. The van der Waals surface area contributed by atoms with Crippen LogP contribution in [0.3, 0.4) is 0 Å². The number of rotatable bonds is 6. The fourth-order valence-corrected chi connectivity index (χ4v) is 2.91. The molecule has 1 aliphatic carbocycles. The summed E-state index contributed by atoms with van der Waals surface area (Å²) >= 11 is 0. The molecule has 1 aliphatic rings. The van der Waals surface area contributed by atoms with Gasteiger partial charge in [-0.25, -0.2) is 0 Å². The number of aliphatic carboxylic acids is 1. The van der Waals surface area contributed by atoms with E-state index in [1.54, 1.807) is 0 Å². The molecule has 1 fully saturated rings. The molecule has 22 heavy (non-hydrogen) atoms. The number of nitrogens with one attached hydrogen (secondary N) is 1. The number of aryl methyl sites for hydroxylation is 1. The molecular weight excluding hydrogens is 278 g/mol. The Balaban J connectivity index is 2.04. The van der Waals surface area contributed by atoms with Crippen molar-refractivity contribution in [3.63, 3.8) is 0 Å². The molecule has 2 rings (SSSR count). The largest absolute Gasteiger partial charge is 0.481 e. The monoisotopic (exact) mass is 303 g/mol. The van der Waals surface area contributed by atoms with Crippen molar-refractivity contribution >= 4 is 11.9 Å². The van der Waals surface area contributed by atoms with Crippen LogP contribution in [-0.2, 0) is 9.59 Å². The molecule has 0 spiro atoms. The summed E-state index contributed by atoms with van der Waals surface area (Å²) in [5.41, 5.74) is 1.73. The van der Waals surface area contributed by atoms with Gasteiger partial charge in [-0.15, -0.1) is 0 Å². The van der Waals surface area contributed by atoms with Crippen LogP contribution in [0.4, 0.5) is 0 Å². The molecule has 2 N–H and O–H groups in total. The predicted molar refractivity (Wildman–Crippen MR) is 85.7 cm³/mol. The van der Waals surface area contributed by atoms with E-state index in [-0.39, 0.29) is 30.1 Å². The number of benzene rings is 1. The van der Waals surface area contributed by atoms with Gasteiger partial charge in [0.25, 0.3) is 0 Å². The molecule has 4 heteroatoms. The first-order chi connectivity index (χ1) is 10.2. The highest BCUT2D eigenvalue weighted by molar-refractivity contribution is 5.84. The summed E-state index contributed by atoms with van der Waals surface area (Å²) in [6.07, 6.45) is 0.788. The van der Waals surface area contributed by atoms with Gasteiger partial charge in [-0.05, 0) is 43.2 Å². The van der Waals surface area contributed by atoms with E-state index in [4.69, 9.17) is 5.11 Å². The highest BCUT2D eigenvalue weighted by atomic mass is 16.4. The minimum atomic E-state index is -0.886. The number of carbonyl (C=O) groups is 2. The van der Waals surface area contributed by atoms with E-state index in [0.717, 1.165) is 6.42 Å². The summed E-state index contributed by atoms with van der Waals surface area (Å²) in [5.74, 6) is -0.618. The summed E-state index contributed by atoms with van der Waals surface area (Å²) in [6, 6.07) is 8.13. The maximum atomic E-state index is 12.5. The molecular formula is C18H25NO3. The zero-order chi connectivity index (χ0) is 16.5. The van der Waals surface area contributed by atoms with E-state index in [0.29, 0.717) is 0 Å². The van der Waals surface area contributed by atoms with Crippen LogP contribution in [0.25, 0.3) is 0 Å². The standard InChI is InChI=1S/C18H25NO3/c1-11(2)18(4,10-16(20)21)19-17(22)15-9-14(15)13-8-6-5-7-12(13)3/h5-8,11,14-15H,9-10H2,1-4H3,(H,19,22)(H,20,21). The molecule has 1 saturated carbocycles. The second-order valence-electron chi connectivity index (χ2n) is 6.94. The number of amides is 1. The molecule has 0 bridgehead atoms. The van der Waals surface area contributed by atoms with Gasteiger partial charge >= 0.3 is 5.97 Å². The summed E-state index contributed by atoms with van der Waals surface area (Å²) in [7, 11) is 0. The fourth-order valence-electron chi connectivity index (χ4n) is 2.91. The molecule has 3 unspecified atom stereocenters. The highest BCUT2D eigenvalue weighted by Crippen LogP contribution is 2.48. The zero-order valence-corrected chi connectivity index (χ0v) is 13.7. The Labute approximate surface area is 131 Å². The lowest BCUT2D eigenvalue weighted by Gasteiger charge is -2.33. The lowest BCUT2D eigenvalue weighted by molar-refractivity contribution is -0.139. The smallest absolute Gasteiger partial charge is 0.305 e. The molecule has 0 aliphatic heterocycles. The van der Waals surface area contributed by atoms with E-state index in [1.807, 2.05) is 32.9 Å². The molecule has 1 aromatic rings. The highest BCUT2D eigenvalue weighted by Gasteiger charge is 2.46. The number of hydrogen-bond donors (Lipinski definition) is 2. The van der Waals surface area contributed by atoms with Crippen LogP contribution in [0.1, 0.15) is 50.7 Å². The number of carbonyl (C=O) groups excluding carboxylic acids is 1. The molecule has 0 heterocycles. The Hall–Kier alpha value is -1.84. The Morgan fingerprint density at radius 3 is 2.55 bits per heavy atom. The second kappa shape index (κ2) is 6.11. The minimum absolute atomic E-state index is 0.0225. The van der Waals surface area contributed by atoms with Gasteiger partial charge < -0.3 is 10.4 Å². The first-order valence-electron chi connectivity index (χ1n) is 7.84. The van der Waals surface area contributed by atoms with Crippen molar-refractivity contribution in [3.8, 4) is 0 Å². The Bertz CT molecular complexity index is 581. The molecule has 1 aromatic carbocycles. The predicted octanol–water partition coefficient (Wildman–Crippen LogP) is 3.10. The third kappa shape index (κ3) is 3.49. The van der Waals surface area contributed by atoms with E-state index in [1.165, 1.54) is 11.1 Å². The Morgan fingerprint density at radius 1 is 1.36 bits per heavy atom. The van der Waals surface area contributed by atoms with Crippen LogP contribution in [-0.4, -0.2) is 22.5 Å². The minimum Gasteiger partial charge on any atom is -0.481 e. The van der Waals surface area contributed by atoms with E-state index in [9.17, 15) is 9.59 Å². The lowest BCUT2D eigenvalue weighted by Crippen LogP contribution is -2.51. The van der Waals surface area contributed by atoms with Crippen molar-refractivity contribution < 1.29 is 14.7 Å². The normalized spacial score (nSPS) is 23.0. The molecule has 4 nitrogen and oxygen atoms in total. The maximum absolute atomic E-state index is 12.5. The molecule has 1 amide bonds. The van der Waals surface area contributed by atoms with E-state index < -0.39 is 11.5 Å². The van der Waals surface area contributed by atoms with Crippen molar-refractivity contribution in [2.45, 2.75) is 52.0 Å². The van der Waals surface area contributed by atoms with Crippen molar-refractivity contribution in [2.24, 2.45) is 11.8 Å². The van der Waals surface area contributed by atoms with Crippen molar-refractivity contribution in [1.29, 1.82) is 0 Å². The molecule has 120 valence electrons. The van der Waals surface area contributed by atoms with Gasteiger partial charge in [0.15, 0.2) is 0 Å². The van der Waals surface area contributed by atoms with Gasteiger partial charge in [-0.3, -0.25) is 9.59 Å². The number of hydrogen-bond acceptors (Lipinski definition) is 2. The number of carboxylic acid groups (broad SMARTS) is 1. The first kappa shape index (κ1) is 16.5. The van der Waals surface area contributed by atoms with Crippen LogP contribution in [0.5, 0.6) is 0 Å². The van der Waals surface area contributed by atoms with Gasteiger partial charge in [-0.1, -0.05) is 38.1 Å². The van der Waals surface area contributed by atoms with E-state index in [2.05, 4.69) is 24.4 Å². The van der Waals surface area contributed by atoms with Gasteiger partial charge in [0.2, 0.25) is 5.91 Å². The average Bonchev–Trinajstić information content (AvgIpc) is 3.18. The summed E-state index contributed by atoms with van der Waals surface area (Å²) < 4.78 is 0. The topological polar surface area (TPSA) is 66.4 Å². The van der Waals surface area contributed by atoms with Crippen LogP contribution in [0, 0.1) is 18.8 Å². The third-order valence-corrected chi connectivity index (χ3v) is 4.92. The average molecular weight is 303 g/mol. The SMILES string of the molecule is Cc1ccccc1C1CC1C(=O)NC(C)(CC(=O)O)C(C)C. The van der Waals surface area contributed by atoms with Crippen LogP contribution in [0.15, 0.2) is 24.3 Å². The maximum Gasteiger partial charge on any atom is 0.305 e. The van der Waals surface area contributed by atoms with Gasteiger partial charge in [0.05, 0.1) is 6.42 Å². The Morgan fingerprint density at radius 2 is 2.00 bits per heavy atom. The first-order valence-corrected chi connectivity index (χ1v) is 7.84. The van der Waals surface area contributed by atoms with Crippen molar-refractivity contribution in [2.75, 3.05) is 0 Å². The number of carboxylic acids is 1. The third-order valence-electron chi connectivity index (χ3n) is 4.92. The summed E-state index contributed by atoms with van der Waals surface area (Å²) in [4.78, 5) is 23.6. The van der Waals surface area contributed by atoms with E-state index >= 15 is 0 Å².